The third-order valence-corrected chi connectivity index (χ3v) is 18.2. The van der Waals surface area contributed by atoms with E-state index < -0.39 is 0 Å². The summed E-state index contributed by atoms with van der Waals surface area (Å²) < 4.78 is 0. The fraction of sp³-hybridized carbons (Fsp3) is 0. The highest BCUT2D eigenvalue weighted by Crippen LogP contribution is 2.62. The summed E-state index contributed by atoms with van der Waals surface area (Å²) in [5.41, 5.74) is 14.7. The van der Waals surface area contributed by atoms with E-state index in [1.807, 2.05) is 0 Å². The summed E-state index contributed by atoms with van der Waals surface area (Å²) in [6, 6.07) is 97.0. The third kappa shape index (κ3) is 5.24. The zero-order valence-electron chi connectivity index (χ0n) is 42.2. The maximum Gasteiger partial charge on any atom is -0.0000469 e. The van der Waals surface area contributed by atoms with Crippen molar-refractivity contribution in [2.45, 2.75) is 0 Å². The standard InChI is InChI=1S/C78H42/c1-7-19-43(20-8-1)49-31-55-57-33-50(44-21-9-2-10-22-44)35-59-61-37-52(46-25-13-4-14-26-46)39-63-65-41-54(48-29-17-6-18-30-48)42-66-64-40-53(47-27-15-5-16-28-47)38-62-60-36-51(45-23-11-3-12-24-45)34-58-56(32-49)67(55)73-74(68(57)59)76(70(61)63)78(72(65)66)77(71(62)64)75(73)69(58)60/h1-42H. The van der Waals surface area contributed by atoms with E-state index in [1.54, 1.807) is 0 Å². The molecule has 19 aromatic rings. The van der Waals surface area contributed by atoms with E-state index in [0.29, 0.717) is 0 Å². The normalized spacial score (nSPS) is 12.6. The van der Waals surface area contributed by atoms with Crippen LogP contribution in [0.15, 0.2) is 255 Å². The van der Waals surface area contributed by atoms with Gasteiger partial charge in [0, 0.05) is 0 Å². The summed E-state index contributed by atoms with van der Waals surface area (Å²) in [5.74, 6) is 0. The molecule has 0 spiro atoms. The Labute approximate surface area is 448 Å². The van der Waals surface area contributed by atoms with Crippen LogP contribution >= 0.6 is 0 Å². The van der Waals surface area contributed by atoms with Gasteiger partial charge in [0.15, 0.2) is 0 Å². The molecule has 0 radical (unpaired) electrons. The van der Waals surface area contributed by atoms with Gasteiger partial charge >= 0.3 is 0 Å². The molecule has 0 aliphatic rings. The van der Waals surface area contributed by atoms with Gasteiger partial charge in [0.2, 0.25) is 0 Å². The lowest BCUT2D eigenvalue weighted by Gasteiger charge is -2.30. The van der Waals surface area contributed by atoms with Crippen LogP contribution in [0.25, 0.3) is 196 Å². The second-order valence-corrected chi connectivity index (χ2v) is 22.1. The molecular formula is C78H42. The van der Waals surface area contributed by atoms with Crippen LogP contribution in [0.3, 0.4) is 0 Å². The molecule has 19 rings (SSSR count). The smallest absolute Gasteiger partial charge is 0.0000469 e. The Bertz CT molecular complexity index is 4480. The van der Waals surface area contributed by atoms with Crippen LogP contribution in [-0.4, -0.2) is 0 Å². The molecule has 0 saturated carbocycles. The van der Waals surface area contributed by atoms with Crippen LogP contribution in [0.4, 0.5) is 0 Å². The highest BCUT2D eigenvalue weighted by molar-refractivity contribution is 6.61. The lowest BCUT2D eigenvalue weighted by Crippen LogP contribution is -2.01. The summed E-state index contributed by atoms with van der Waals surface area (Å²) >= 11 is 0. The molecule has 78 heavy (non-hydrogen) atoms. The first-order valence-corrected chi connectivity index (χ1v) is 27.4. The highest BCUT2D eigenvalue weighted by atomic mass is 14.4. The summed E-state index contributed by atoms with van der Waals surface area (Å²) in [7, 11) is 0. The largest absolute Gasteiger partial charge is 0.0622 e. The Hall–Kier alpha value is -10.1. The molecule has 0 nitrogen and oxygen atoms in total. The van der Waals surface area contributed by atoms with Gasteiger partial charge in [-0.1, -0.05) is 182 Å². The first-order chi connectivity index (χ1) is 38.7. The van der Waals surface area contributed by atoms with Crippen molar-refractivity contribution in [3.63, 3.8) is 0 Å². The molecular weight excluding hydrogens is 937 g/mol. The van der Waals surface area contributed by atoms with Gasteiger partial charge in [0.05, 0.1) is 0 Å². The number of fused-ring (bicyclic) bond motifs is 6. The van der Waals surface area contributed by atoms with Crippen LogP contribution in [-0.2, 0) is 0 Å². The van der Waals surface area contributed by atoms with Crippen molar-refractivity contribution in [1.82, 2.24) is 0 Å². The number of hydrogen-bond donors (Lipinski definition) is 0. The summed E-state index contributed by atoms with van der Waals surface area (Å²) in [4.78, 5) is 0. The molecule has 0 saturated heterocycles. The van der Waals surface area contributed by atoms with Crippen LogP contribution in [0.5, 0.6) is 0 Å². The zero-order chi connectivity index (χ0) is 50.5. The van der Waals surface area contributed by atoms with E-state index in [4.69, 9.17) is 0 Å². The van der Waals surface area contributed by atoms with Gasteiger partial charge < -0.3 is 0 Å². The van der Waals surface area contributed by atoms with Crippen molar-refractivity contribution < 1.29 is 0 Å². The summed E-state index contributed by atoms with van der Waals surface area (Å²) in [6.07, 6.45) is 0. The van der Waals surface area contributed by atoms with Crippen molar-refractivity contribution in [2.24, 2.45) is 0 Å². The Morgan fingerprint density at radius 3 is 0.333 bits per heavy atom. The maximum absolute atomic E-state index is 2.54. The van der Waals surface area contributed by atoms with Crippen molar-refractivity contribution in [2.75, 3.05) is 0 Å². The fourth-order valence-corrected chi connectivity index (χ4v) is 15.1. The molecule has 0 aromatic heterocycles. The second-order valence-electron chi connectivity index (χ2n) is 22.1. The van der Waals surface area contributed by atoms with Crippen LogP contribution in [0.2, 0.25) is 0 Å². The van der Waals surface area contributed by atoms with Gasteiger partial charge in [0.1, 0.15) is 0 Å². The summed E-state index contributed by atoms with van der Waals surface area (Å²) in [5, 5.41) is 32.2. The van der Waals surface area contributed by atoms with Crippen LogP contribution in [0, 0.1) is 0 Å². The molecule has 19 aromatic carbocycles. The molecule has 0 amide bonds. The summed E-state index contributed by atoms with van der Waals surface area (Å²) in [6.45, 7) is 0. The molecule has 354 valence electrons. The quantitative estimate of drug-likeness (QED) is 0.115. The van der Waals surface area contributed by atoms with E-state index in [1.165, 1.54) is 196 Å². The molecule has 0 aliphatic heterocycles. The van der Waals surface area contributed by atoms with Gasteiger partial charge in [-0.3, -0.25) is 0 Å². The Balaban J connectivity index is 1.17. The van der Waals surface area contributed by atoms with E-state index in [0.717, 1.165) is 0 Å². The van der Waals surface area contributed by atoms with Gasteiger partial charge in [-0.25, -0.2) is 0 Å². The van der Waals surface area contributed by atoms with Gasteiger partial charge in [-0.15, -0.1) is 0 Å². The lowest BCUT2D eigenvalue weighted by atomic mass is 9.72. The van der Waals surface area contributed by atoms with Crippen molar-refractivity contribution in [3.8, 4) is 66.8 Å². The van der Waals surface area contributed by atoms with Gasteiger partial charge in [0.25, 0.3) is 0 Å². The first-order valence-electron chi connectivity index (χ1n) is 27.4. The number of hydrogen-bond acceptors (Lipinski definition) is 0. The first kappa shape index (κ1) is 41.1. The van der Waals surface area contributed by atoms with E-state index >= 15 is 0 Å². The minimum absolute atomic E-state index is 1.22. The van der Waals surface area contributed by atoms with Crippen molar-refractivity contribution in [1.29, 1.82) is 0 Å². The average Bonchev–Trinajstić information content (AvgIpc) is 1.27. The Morgan fingerprint density at radius 1 is 0.103 bits per heavy atom. The van der Waals surface area contributed by atoms with E-state index in [2.05, 4.69) is 255 Å². The fourth-order valence-electron chi connectivity index (χ4n) is 15.1. The average molecular weight is 979 g/mol. The highest BCUT2D eigenvalue weighted by Gasteiger charge is 2.33. The van der Waals surface area contributed by atoms with Gasteiger partial charge in [-0.2, -0.15) is 0 Å². The Morgan fingerprint density at radius 2 is 0.218 bits per heavy atom. The monoisotopic (exact) mass is 978 g/mol. The third-order valence-electron chi connectivity index (χ3n) is 18.2. The minimum atomic E-state index is 1.22. The van der Waals surface area contributed by atoms with Crippen LogP contribution in [0.1, 0.15) is 0 Å². The molecule has 0 heterocycles. The van der Waals surface area contributed by atoms with E-state index in [-0.39, 0.29) is 0 Å². The van der Waals surface area contributed by atoms with E-state index in [9.17, 15) is 0 Å². The van der Waals surface area contributed by atoms with Gasteiger partial charge in [-0.05, 0) is 269 Å². The predicted octanol–water partition coefficient (Wildman–Crippen LogP) is 22.2. The Kier molecular flexibility index (Phi) is 7.82. The van der Waals surface area contributed by atoms with Crippen molar-refractivity contribution in [3.05, 3.63) is 255 Å². The molecule has 0 unspecified atom stereocenters. The zero-order valence-corrected chi connectivity index (χ0v) is 42.2. The maximum atomic E-state index is 2.54. The van der Waals surface area contributed by atoms with Crippen molar-refractivity contribution >= 4 is 129 Å². The molecule has 0 heteroatoms. The van der Waals surface area contributed by atoms with Crippen LogP contribution < -0.4 is 0 Å². The molecule has 0 atom stereocenters. The number of rotatable bonds is 6. The second kappa shape index (κ2) is 14.8. The molecule has 0 aliphatic carbocycles. The molecule has 0 bridgehead atoms. The topological polar surface area (TPSA) is 0 Å². The lowest BCUT2D eigenvalue weighted by molar-refractivity contribution is 1.65. The molecule has 0 N–H and O–H groups in total. The predicted molar refractivity (Wildman–Crippen MR) is 336 cm³/mol. The SMILES string of the molecule is c1ccc(-c2cc3c4cc(-c5ccccc5)cc5c6cc(-c7ccccc7)cc7c8cc(-c9ccccc9)cc9c%10cc(-c%11ccccc%11)cc%11c%12cc(-c%13ccccc%13)cc%13c(c2)c3c2c(c45)c(c67)c(c89)c(c%11%10)c2c%13%12)cc1. The molecule has 0 fully saturated rings. The number of benzene rings is 19. The minimum Gasteiger partial charge on any atom is -0.0622 e.